The van der Waals surface area contributed by atoms with Gasteiger partial charge in [-0.3, -0.25) is 4.99 Å². The van der Waals surface area contributed by atoms with Gasteiger partial charge in [-0.15, -0.1) is 0 Å². The van der Waals surface area contributed by atoms with Crippen molar-refractivity contribution in [3.8, 4) is 0 Å². The lowest BCUT2D eigenvalue weighted by atomic mass is 10.0. The molecule has 1 aromatic rings. The van der Waals surface area contributed by atoms with Crippen molar-refractivity contribution in [3.63, 3.8) is 0 Å². The number of benzene rings is 1. The first-order valence-corrected chi connectivity index (χ1v) is 5.40. The molecule has 0 amide bonds. The molecular formula is C12H17ClN2. The molecule has 82 valence electrons. The molecule has 15 heavy (non-hydrogen) atoms. The molecule has 0 aliphatic rings. The number of halogens is 1. The van der Waals surface area contributed by atoms with Crippen molar-refractivity contribution in [2.24, 2.45) is 4.99 Å². The number of amidine groups is 1. The van der Waals surface area contributed by atoms with Crippen LogP contribution in [0.3, 0.4) is 0 Å². The highest BCUT2D eigenvalue weighted by Crippen LogP contribution is 2.19. The molecule has 0 heterocycles. The third-order valence-corrected chi connectivity index (χ3v) is 2.83. The van der Waals surface area contributed by atoms with Gasteiger partial charge in [0.25, 0.3) is 0 Å². The van der Waals surface area contributed by atoms with Crippen LogP contribution in [0.1, 0.15) is 25.3 Å². The average Bonchev–Trinajstić information content (AvgIpc) is 2.27. The Bertz CT molecular complexity index is 341. The van der Waals surface area contributed by atoms with Gasteiger partial charge in [0.15, 0.2) is 5.29 Å². The van der Waals surface area contributed by atoms with Crippen molar-refractivity contribution < 1.29 is 0 Å². The van der Waals surface area contributed by atoms with Crippen LogP contribution in [0.4, 0.5) is 5.69 Å². The summed E-state index contributed by atoms with van der Waals surface area (Å²) in [6.07, 6.45) is 0. The summed E-state index contributed by atoms with van der Waals surface area (Å²) in [6.45, 7) is 4.36. The first-order valence-electron chi connectivity index (χ1n) is 5.02. The molecule has 3 heteroatoms. The predicted molar refractivity (Wildman–Crippen MR) is 68.1 cm³/mol. The highest BCUT2D eigenvalue weighted by atomic mass is 35.5. The first-order chi connectivity index (χ1) is 7.06. The second kappa shape index (κ2) is 5.17. The topological polar surface area (TPSA) is 15.6 Å². The van der Waals surface area contributed by atoms with Gasteiger partial charge in [-0.25, -0.2) is 0 Å². The molecule has 0 atom stereocenters. The smallest absolute Gasteiger partial charge is 0.197 e. The summed E-state index contributed by atoms with van der Waals surface area (Å²) < 4.78 is 0. The van der Waals surface area contributed by atoms with Crippen LogP contribution in [-0.4, -0.2) is 19.4 Å². The van der Waals surface area contributed by atoms with Crippen LogP contribution in [0.15, 0.2) is 29.3 Å². The molecule has 2 nitrogen and oxygen atoms in total. The Balaban J connectivity index is 2.89. The zero-order valence-electron chi connectivity index (χ0n) is 9.66. The van der Waals surface area contributed by atoms with Crippen molar-refractivity contribution in [1.82, 2.24) is 0 Å². The Hall–Kier alpha value is -1.02. The number of hydrogen-bond donors (Lipinski definition) is 0. The van der Waals surface area contributed by atoms with Crippen LogP contribution in [0, 0.1) is 0 Å². The van der Waals surface area contributed by atoms with Crippen LogP contribution in [0.25, 0.3) is 0 Å². The summed E-state index contributed by atoms with van der Waals surface area (Å²) in [5, 5.41) is 0.493. The molecule has 0 N–H and O–H groups in total. The minimum absolute atomic E-state index is 0.493. The highest BCUT2D eigenvalue weighted by molar-refractivity contribution is 6.67. The second-order valence-corrected chi connectivity index (χ2v) is 4.14. The molecule has 0 saturated heterocycles. The van der Waals surface area contributed by atoms with E-state index in [-0.39, 0.29) is 0 Å². The molecule has 0 aliphatic heterocycles. The Labute approximate surface area is 96.6 Å². The van der Waals surface area contributed by atoms with Gasteiger partial charge in [-0.1, -0.05) is 26.0 Å². The maximum Gasteiger partial charge on any atom is 0.197 e. The second-order valence-electron chi connectivity index (χ2n) is 3.80. The molecule has 0 aliphatic carbocycles. The maximum atomic E-state index is 5.93. The molecule has 0 bridgehead atoms. The number of anilines is 1. The van der Waals surface area contributed by atoms with Crippen molar-refractivity contribution in [2.75, 3.05) is 19.0 Å². The molecule has 0 aromatic heterocycles. The number of rotatable bonds is 2. The molecular weight excluding hydrogens is 208 g/mol. The van der Waals surface area contributed by atoms with Crippen molar-refractivity contribution >= 4 is 22.6 Å². The minimum atomic E-state index is 0.493. The maximum absolute atomic E-state index is 5.93. The van der Waals surface area contributed by atoms with E-state index >= 15 is 0 Å². The van der Waals surface area contributed by atoms with Gasteiger partial charge in [0.05, 0.1) is 0 Å². The predicted octanol–water partition coefficient (Wildman–Crippen LogP) is 3.47. The summed E-state index contributed by atoms with van der Waals surface area (Å²) >= 11 is 5.93. The quantitative estimate of drug-likeness (QED) is 0.427. The molecule has 0 saturated carbocycles. The molecule has 0 radical (unpaired) electrons. The van der Waals surface area contributed by atoms with E-state index in [1.807, 2.05) is 11.9 Å². The Morgan fingerprint density at radius 3 is 2.20 bits per heavy atom. The average molecular weight is 225 g/mol. The number of hydrogen-bond acceptors (Lipinski definition) is 1. The summed E-state index contributed by atoms with van der Waals surface area (Å²) in [5.41, 5.74) is 2.38. The van der Waals surface area contributed by atoms with E-state index in [1.165, 1.54) is 5.56 Å². The fraction of sp³-hybridized carbons (Fsp3) is 0.417. The molecule has 0 fully saturated rings. The van der Waals surface area contributed by atoms with E-state index < -0.39 is 0 Å². The minimum Gasteiger partial charge on any atom is -0.320 e. The largest absolute Gasteiger partial charge is 0.320 e. The summed E-state index contributed by atoms with van der Waals surface area (Å²) in [4.78, 5) is 5.78. The standard InChI is InChI=1S/C12H17ClN2/c1-9(2)10-5-7-11(8-6-10)15(4)12(13)14-3/h5-9H,1-4H3. The summed E-state index contributed by atoms with van der Waals surface area (Å²) in [5.74, 6) is 0.555. The lowest BCUT2D eigenvalue weighted by molar-refractivity contribution is 0.866. The lowest BCUT2D eigenvalue weighted by Gasteiger charge is -2.17. The normalized spacial score (nSPS) is 12.0. The molecule has 1 rings (SSSR count). The molecule has 0 unspecified atom stereocenters. The Morgan fingerprint density at radius 1 is 1.27 bits per heavy atom. The van der Waals surface area contributed by atoms with E-state index in [1.54, 1.807) is 7.05 Å². The van der Waals surface area contributed by atoms with E-state index in [2.05, 4.69) is 43.1 Å². The fourth-order valence-electron chi connectivity index (χ4n) is 1.34. The van der Waals surface area contributed by atoms with Crippen molar-refractivity contribution in [1.29, 1.82) is 0 Å². The Morgan fingerprint density at radius 2 is 1.80 bits per heavy atom. The summed E-state index contributed by atoms with van der Waals surface area (Å²) in [6, 6.07) is 8.36. The zero-order valence-corrected chi connectivity index (χ0v) is 10.4. The van der Waals surface area contributed by atoms with Crippen molar-refractivity contribution in [2.45, 2.75) is 19.8 Å². The monoisotopic (exact) mass is 224 g/mol. The number of nitrogens with zero attached hydrogens (tertiary/aromatic N) is 2. The number of aliphatic imine (C=N–C) groups is 1. The molecule has 1 aromatic carbocycles. The van der Waals surface area contributed by atoms with Crippen molar-refractivity contribution in [3.05, 3.63) is 29.8 Å². The van der Waals surface area contributed by atoms with Crippen LogP contribution >= 0.6 is 11.6 Å². The van der Waals surface area contributed by atoms with E-state index in [0.29, 0.717) is 11.2 Å². The van der Waals surface area contributed by atoms with Crippen LogP contribution in [0.2, 0.25) is 0 Å². The zero-order chi connectivity index (χ0) is 11.4. The SMILES string of the molecule is CN=C(Cl)N(C)c1ccc(C(C)C)cc1. The van der Waals surface area contributed by atoms with Gasteiger partial charge in [-0.05, 0) is 35.2 Å². The highest BCUT2D eigenvalue weighted by Gasteiger charge is 2.05. The fourth-order valence-corrected chi connectivity index (χ4v) is 1.44. The van der Waals surface area contributed by atoms with Crippen LogP contribution < -0.4 is 4.90 Å². The van der Waals surface area contributed by atoms with Gasteiger partial charge in [-0.2, -0.15) is 0 Å². The third-order valence-electron chi connectivity index (χ3n) is 2.41. The van der Waals surface area contributed by atoms with Gasteiger partial charge in [0.2, 0.25) is 0 Å². The molecule has 0 spiro atoms. The van der Waals surface area contributed by atoms with E-state index in [4.69, 9.17) is 11.6 Å². The van der Waals surface area contributed by atoms with E-state index in [9.17, 15) is 0 Å². The summed E-state index contributed by atoms with van der Waals surface area (Å²) in [7, 11) is 3.58. The van der Waals surface area contributed by atoms with E-state index in [0.717, 1.165) is 5.69 Å². The first kappa shape index (κ1) is 12.1. The van der Waals surface area contributed by atoms with Gasteiger partial charge in [0.1, 0.15) is 0 Å². The van der Waals surface area contributed by atoms with Crippen LogP contribution in [-0.2, 0) is 0 Å². The van der Waals surface area contributed by atoms with Gasteiger partial charge in [0, 0.05) is 19.8 Å². The van der Waals surface area contributed by atoms with Crippen LogP contribution in [0.5, 0.6) is 0 Å². The van der Waals surface area contributed by atoms with Gasteiger partial charge >= 0.3 is 0 Å². The third kappa shape index (κ3) is 2.96. The van der Waals surface area contributed by atoms with Gasteiger partial charge < -0.3 is 4.90 Å². The Kier molecular flexibility index (Phi) is 4.15. The lowest BCUT2D eigenvalue weighted by Crippen LogP contribution is -2.21.